The molecule has 1 saturated heterocycles. The minimum absolute atomic E-state index is 0.0430. The Morgan fingerprint density at radius 2 is 1.93 bits per heavy atom. The van der Waals surface area contributed by atoms with Crippen molar-refractivity contribution in [2.24, 2.45) is 5.92 Å². The van der Waals surface area contributed by atoms with E-state index in [1.165, 1.54) is 0 Å². The van der Waals surface area contributed by atoms with Crippen molar-refractivity contribution in [3.63, 3.8) is 0 Å². The van der Waals surface area contributed by atoms with Crippen molar-refractivity contribution in [2.75, 3.05) is 36.5 Å². The molecule has 1 N–H and O–H groups in total. The number of nitrogens with one attached hydrogen (secondary N) is 1. The summed E-state index contributed by atoms with van der Waals surface area (Å²) in [5.74, 6) is 1.27. The number of aryl methyl sites for hydroxylation is 2. The van der Waals surface area contributed by atoms with E-state index in [9.17, 15) is 4.79 Å². The second kappa shape index (κ2) is 8.93. The van der Waals surface area contributed by atoms with Crippen LogP contribution < -0.4 is 10.2 Å². The molecule has 1 aliphatic heterocycles. The quantitative estimate of drug-likeness (QED) is 0.652. The zero-order valence-corrected chi connectivity index (χ0v) is 18.3. The van der Waals surface area contributed by atoms with Crippen LogP contribution >= 0.6 is 11.3 Å². The largest absolute Gasteiger partial charge is 0.378 e. The fourth-order valence-corrected chi connectivity index (χ4v) is 4.25. The molecule has 9 heteroatoms. The van der Waals surface area contributed by atoms with Gasteiger partial charge in [-0.15, -0.1) is 11.3 Å². The first-order valence-corrected chi connectivity index (χ1v) is 10.9. The number of benzene rings is 1. The molecule has 1 fully saturated rings. The van der Waals surface area contributed by atoms with Crippen LogP contribution in [0.15, 0.2) is 29.6 Å². The Morgan fingerprint density at radius 1 is 1.20 bits per heavy atom. The Morgan fingerprint density at radius 3 is 2.60 bits per heavy atom. The maximum atomic E-state index is 12.6. The highest BCUT2D eigenvalue weighted by Gasteiger charge is 2.17. The maximum Gasteiger partial charge on any atom is 0.229 e. The number of ether oxygens (including phenoxy) is 1. The summed E-state index contributed by atoms with van der Waals surface area (Å²) in [6.07, 6.45) is 0. The van der Waals surface area contributed by atoms with Gasteiger partial charge in [-0.05, 0) is 26.0 Å². The number of hydrogen-bond donors (Lipinski definition) is 1. The van der Waals surface area contributed by atoms with E-state index in [-0.39, 0.29) is 11.8 Å². The topological polar surface area (TPSA) is 85.2 Å². The van der Waals surface area contributed by atoms with Crippen LogP contribution in [0.25, 0.3) is 11.3 Å². The predicted molar refractivity (Wildman–Crippen MR) is 118 cm³/mol. The van der Waals surface area contributed by atoms with Crippen LogP contribution in [0.4, 0.5) is 10.8 Å². The van der Waals surface area contributed by atoms with Gasteiger partial charge in [-0.1, -0.05) is 19.1 Å². The molecule has 0 bridgehead atoms. The van der Waals surface area contributed by atoms with Gasteiger partial charge < -0.3 is 15.0 Å². The molecular weight excluding hydrogens is 400 g/mol. The maximum absolute atomic E-state index is 12.6. The normalized spacial score (nSPS) is 15.2. The van der Waals surface area contributed by atoms with Crippen LogP contribution in [0.2, 0.25) is 0 Å². The summed E-state index contributed by atoms with van der Waals surface area (Å²) in [5, 5.41) is 10.4. The fourth-order valence-electron chi connectivity index (χ4n) is 3.36. The first-order chi connectivity index (χ1) is 14.5. The highest BCUT2D eigenvalue weighted by molar-refractivity contribution is 7.14. The fraction of sp³-hybridized carbons (Fsp3) is 0.429. The summed E-state index contributed by atoms with van der Waals surface area (Å²) in [7, 11) is 0. The van der Waals surface area contributed by atoms with E-state index in [1.54, 1.807) is 16.0 Å². The van der Waals surface area contributed by atoms with Crippen molar-refractivity contribution in [1.82, 2.24) is 19.7 Å². The van der Waals surface area contributed by atoms with E-state index in [1.807, 2.05) is 45.0 Å². The standard InChI is InChI=1S/C21H26N6O2S/c1-14(12-27-16(3)22-15(2)25-27)20(28)23-18-6-4-17(5-7-18)19-13-30-21(24-19)26-8-10-29-11-9-26/h4-7,13-14H,8-12H2,1-3H3,(H,23,28). The zero-order chi connectivity index (χ0) is 21.1. The minimum atomic E-state index is -0.223. The van der Waals surface area contributed by atoms with Gasteiger partial charge >= 0.3 is 0 Å². The van der Waals surface area contributed by atoms with Crippen LogP contribution in [0.1, 0.15) is 18.6 Å². The number of anilines is 2. The van der Waals surface area contributed by atoms with Crippen molar-refractivity contribution < 1.29 is 9.53 Å². The second-order valence-electron chi connectivity index (χ2n) is 7.47. The molecular formula is C21H26N6O2S. The number of hydrogen-bond acceptors (Lipinski definition) is 7. The van der Waals surface area contributed by atoms with Crippen LogP contribution in [0, 0.1) is 19.8 Å². The molecule has 1 aromatic carbocycles. The molecule has 4 rings (SSSR count). The molecule has 0 spiro atoms. The smallest absolute Gasteiger partial charge is 0.229 e. The summed E-state index contributed by atoms with van der Waals surface area (Å²) >= 11 is 1.65. The average Bonchev–Trinajstić information content (AvgIpc) is 3.36. The molecule has 0 aliphatic carbocycles. The lowest BCUT2D eigenvalue weighted by Gasteiger charge is -2.26. The number of nitrogens with zero attached hydrogens (tertiary/aromatic N) is 5. The number of thiazole rings is 1. The van der Waals surface area contributed by atoms with Gasteiger partial charge in [0.25, 0.3) is 0 Å². The van der Waals surface area contributed by atoms with Gasteiger partial charge in [0.05, 0.1) is 31.4 Å². The van der Waals surface area contributed by atoms with Crippen LogP contribution in [0.3, 0.4) is 0 Å². The van der Waals surface area contributed by atoms with Crippen LogP contribution in [-0.2, 0) is 16.1 Å². The van der Waals surface area contributed by atoms with Gasteiger partial charge in [-0.2, -0.15) is 5.10 Å². The predicted octanol–water partition coefficient (Wildman–Crippen LogP) is 3.13. The SMILES string of the molecule is Cc1nc(C)n(CC(C)C(=O)Nc2ccc(-c3csc(N4CCOCC4)n3)cc2)n1. The molecule has 3 heterocycles. The third-order valence-corrected chi connectivity index (χ3v) is 5.98. The highest BCUT2D eigenvalue weighted by atomic mass is 32.1. The van der Waals surface area contributed by atoms with Crippen molar-refractivity contribution in [3.05, 3.63) is 41.3 Å². The molecule has 1 atom stereocenters. The monoisotopic (exact) mass is 426 g/mol. The lowest BCUT2D eigenvalue weighted by molar-refractivity contribution is -0.119. The number of amides is 1. The summed E-state index contributed by atoms with van der Waals surface area (Å²) < 4.78 is 7.18. The molecule has 1 unspecified atom stereocenters. The Labute approximate surface area is 179 Å². The second-order valence-corrected chi connectivity index (χ2v) is 8.31. The molecule has 8 nitrogen and oxygen atoms in total. The van der Waals surface area contributed by atoms with Crippen molar-refractivity contribution in [1.29, 1.82) is 0 Å². The average molecular weight is 427 g/mol. The molecule has 1 amide bonds. The van der Waals surface area contributed by atoms with E-state index in [4.69, 9.17) is 9.72 Å². The molecule has 30 heavy (non-hydrogen) atoms. The lowest BCUT2D eigenvalue weighted by atomic mass is 10.1. The molecule has 3 aromatic rings. The first kappa shape index (κ1) is 20.5. The van der Waals surface area contributed by atoms with Gasteiger partial charge in [0.2, 0.25) is 5.91 Å². The number of carbonyl (C=O) groups is 1. The number of aromatic nitrogens is 4. The number of carbonyl (C=O) groups excluding carboxylic acids is 1. The van der Waals surface area contributed by atoms with Crippen LogP contribution in [-0.4, -0.2) is 52.0 Å². The first-order valence-electron chi connectivity index (χ1n) is 10.1. The Kier molecular flexibility index (Phi) is 6.10. The van der Waals surface area contributed by atoms with E-state index < -0.39 is 0 Å². The molecule has 2 aromatic heterocycles. The molecule has 1 aliphatic rings. The van der Waals surface area contributed by atoms with E-state index in [0.29, 0.717) is 6.54 Å². The van der Waals surface area contributed by atoms with E-state index in [2.05, 4.69) is 25.7 Å². The number of morpholine rings is 1. The molecule has 158 valence electrons. The lowest BCUT2D eigenvalue weighted by Crippen LogP contribution is -2.36. The van der Waals surface area contributed by atoms with E-state index in [0.717, 1.165) is 60.0 Å². The summed E-state index contributed by atoms with van der Waals surface area (Å²) in [6, 6.07) is 7.81. The number of rotatable bonds is 6. The van der Waals surface area contributed by atoms with Gasteiger partial charge in [-0.3, -0.25) is 4.79 Å². The van der Waals surface area contributed by atoms with Crippen LogP contribution in [0.5, 0.6) is 0 Å². The van der Waals surface area contributed by atoms with Gasteiger partial charge in [-0.25, -0.2) is 14.6 Å². The van der Waals surface area contributed by atoms with Gasteiger partial charge in [0, 0.05) is 29.7 Å². The van der Waals surface area contributed by atoms with E-state index >= 15 is 0 Å². The van der Waals surface area contributed by atoms with Gasteiger partial charge in [0.15, 0.2) is 5.13 Å². The Hall–Kier alpha value is -2.78. The van der Waals surface area contributed by atoms with Gasteiger partial charge in [0.1, 0.15) is 11.6 Å². The summed E-state index contributed by atoms with van der Waals surface area (Å²) in [5.41, 5.74) is 2.75. The summed E-state index contributed by atoms with van der Waals surface area (Å²) in [4.78, 5) is 23.9. The molecule has 0 radical (unpaired) electrons. The minimum Gasteiger partial charge on any atom is -0.378 e. The zero-order valence-electron chi connectivity index (χ0n) is 17.5. The third kappa shape index (κ3) is 4.68. The Bertz CT molecular complexity index is 1010. The third-order valence-electron chi connectivity index (χ3n) is 5.08. The summed E-state index contributed by atoms with van der Waals surface area (Å²) in [6.45, 7) is 9.39. The van der Waals surface area contributed by atoms with Crippen molar-refractivity contribution in [2.45, 2.75) is 27.3 Å². The molecule has 0 saturated carbocycles. The van der Waals surface area contributed by atoms with Crippen molar-refractivity contribution >= 4 is 28.1 Å². The Balaban J connectivity index is 1.37. The van der Waals surface area contributed by atoms with Crippen molar-refractivity contribution in [3.8, 4) is 11.3 Å². The highest BCUT2D eigenvalue weighted by Crippen LogP contribution is 2.28.